The lowest BCUT2D eigenvalue weighted by Crippen LogP contribution is -2.57. The minimum Gasteiger partial charge on any atom is -0.340 e. The van der Waals surface area contributed by atoms with Gasteiger partial charge >= 0.3 is 6.03 Å². The van der Waals surface area contributed by atoms with E-state index < -0.39 is 5.82 Å². The number of hydrogen-bond acceptors (Lipinski definition) is 4. The van der Waals surface area contributed by atoms with E-state index in [2.05, 4.69) is 15.8 Å². The van der Waals surface area contributed by atoms with Crippen LogP contribution < -0.4 is 10.9 Å². The molecule has 0 aliphatic carbocycles. The Bertz CT molecular complexity index is 844. The van der Waals surface area contributed by atoms with Gasteiger partial charge in [0.2, 0.25) is 5.91 Å². The Morgan fingerprint density at radius 2 is 1.83 bits per heavy atom. The Balaban J connectivity index is 1.65. The number of hydrogen-bond donors (Lipinski definition) is 2. The van der Waals surface area contributed by atoms with Crippen LogP contribution in [0, 0.1) is 5.82 Å². The quantitative estimate of drug-likeness (QED) is 0.742. The van der Waals surface area contributed by atoms with E-state index in [1.54, 1.807) is 37.4 Å². The number of amides is 3. The van der Waals surface area contributed by atoms with Crippen molar-refractivity contribution in [2.24, 2.45) is 0 Å². The van der Waals surface area contributed by atoms with Crippen LogP contribution in [-0.2, 0) is 11.3 Å². The summed E-state index contributed by atoms with van der Waals surface area (Å²) in [6.07, 6.45) is 7.23. The molecule has 0 saturated carbocycles. The highest BCUT2D eigenvalue weighted by molar-refractivity contribution is 5.77. The molecule has 2 heterocycles. The lowest BCUT2D eigenvalue weighted by atomic mass is 10.1. The van der Waals surface area contributed by atoms with Crippen molar-refractivity contribution in [1.82, 2.24) is 20.1 Å². The Morgan fingerprint density at radius 3 is 2.47 bits per heavy atom. The smallest absolute Gasteiger partial charge is 0.340 e. The summed E-state index contributed by atoms with van der Waals surface area (Å²) >= 11 is 0. The lowest BCUT2D eigenvalue weighted by Gasteiger charge is -2.44. The average Bonchev–Trinajstić information content (AvgIpc) is 2.70. The first-order chi connectivity index (χ1) is 14.3. The van der Waals surface area contributed by atoms with Gasteiger partial charge in [-0.05, 0) is 32.9 Å². The topological polar surface area (TPSA) is 67.9 Å². The molecular weight excluding hydrogens is 385 g/mol. The standard InChI is InChI=1S/C22H30FN5O2/c1-15-8-5-6-11-27(15)22(30)25-24-20-10-7-9-19(21(20)23)14-28-16(2)12-26(18(4)29)13-17(28)3/h5-11,15-17,24H,12-14H2,1-4H3,(H,25,30)/t15?,16-,17+. The number of rotatable bonds is 4. The summed E-state index contributed by atoms with van der Waals surface area (Å²) in [5, 5.41) is 0. The fourth-order valence-electron chi connectivity index (χ4n) is 3.95. The second kappa shape index (κ2) is 9.30. The molecule has 1 saturated heterocycles. The highest BCUT2D eigenvalue weighted by atomic mass is 19.1. The Kier molecular flexibility index (Phi) is 6.77. The molecule has 1 aromatic rings. The van der Waals surface area contributed by atoms with E-state index in [9.17, 15) is 9.59 Å². The third-order valence-corrected chi connectivity index (χ3v) is 5.70. The first kappa shape index (κ1) is 21.8. The fraction of sp³-hybridized carbons (Fsp3) is 0.455. The molecule has 3 atom stereocenters. The largest absolute Gasteiger partial charge is 0.340 e. The number of hydrazine groups is 1. The summed E-state index contributed by atoms with van der Waals surface area (Å²) in [6, 6.07) is 4.90. The zero-order valence-electron chi connectivity index (χ0n) is 17.9. The first-order valence-corrected chi connectivity index (χ1v) is 10.3. The summed E-state index contributed by atoms with van der Waals surface area (Å²) in [5.41, 5.74) is 6.02. The molecule has 3 amide bonds. The van der Waals surface area contributed by atoms with E-state index in [4.69, 9.17) is 0 Å². The molecule has 7 nitrogen and oxygen atoms in total. The van der Waals surface area contributed by atoms with Crippen molar-refractivity contribution >= 4 is 17.6 Å². The van der Waals surface area contributed by atoms with E-state index in [0.717, 1.165) is 0 Å². The van der Waals surface area contributed by atoms with Gasteiger partial charge < -0.3 is 4.90 Å². The number of allylic oxidation sites excluding steroid dienone is 2. The van der Waals surface area contributed by atoms with Crippen molar-refractivity contribution < 1.29 is 14.0 Å². The van der Waals surface area contributed by atoms with Crippen molar-refractivity contribution in [2.75, 3.05) is 18.5 Å². The molecule has 0 bridgehead atoms. The van der Waals surface area contributed by atoms with Crippen LogP contribution in [0.2, 0.25) is 0 Å². The van der Waals surface area contributed by atoms with Crippen molar-refractivity contribution in [2.45, 2.75) is 52.4 Å². The van der Waals surface area contributed by atoms with Crippen LogP contribution in [0.15, 0.2) is 42.6 Å². The molecule has 0 aromatic heterocycles. The number of urea groups is 1. The SMILES string of the molecule is CC(=O)N1C[C@@H](C)N(Cc2cccc(NNC(=O)N3C=CC=CC3C)c2F)[C@@H](C)C1. The number of piperazine rings is 1. The number of nitrogens with one attached hydrogen (secondary N) is 2. The van der Waals surface area contributed by atoms with Gasteiger partial charge in [0, 0.05) is 50.4 Å². The van der Waals surface area contributed by atoms with Gasteiger partial charge in [-0.15, -0.1) is 0 Å². The molecule has 2 N–H and O–H groups in total. The Hall–Kier alpha value is -2.87. The van der Waals surface area contributed by atoms with Crippen molar-refractivity contribution in [3.63, 3.8) is 0 Å². The van der Waals surface area contributed by atoms with E-state index in [1.807, 2.05) is 37.8 Å². The van der Waals surface area contributed by atoms with Gasteiger partial charge in [-0.25, -0.2) is 9.18 Å². The van der Waals surface area contributed by atoms with Crippen molar-refractivity contribution in [3.8, 4) is 0 Å². The van der Waals surface area contributed by atoms with Gasteiger partial charge in [-0.3, -0.25) is 25.4 Å². The summed E-state index contributed by atoms with van der Waals surface area (Å²) in [7, 11) is 0. The zero-order valence-corrected chi connectivity index (χ0v) is 17.9. The van der Waals surface area contributed by atoms with Crippen LogP contribution in [0.3, 0.4) is 0 Å². The van der Waals surface area contributed by atoms with Gasteiger partial charge in [-0.2, -0.15) is 0 Å². The molecule has 1 aromatic carbocycles. The Labute approximate surface area is 177 Å². The second-order valence-electron chi connectivity index (χ2n) is 8.00. The number of benzene rings is 1. The molecule has 1 unspecified atom stereocenters. The number of halogens is 1. The van der Waals surface area contributed by atoms with E-state index in [1.165, 1.54) is 4.90 Å². The summed E-state index contributed by atoms with van der Waals surface area (Å²) < 4.78 is 15.1. The van der Waals surface area contributed by atoms with Crippen LogP contribution in [0.25, 0.3) is 0 Å². The van der Waals surface area contributed by atoms with E-state index in [0.29, 0.717) is 25.2 Å². The predicted molar refractivity (Wildman–Crippen MR) is 115 cm³/mol. The monoisotopic (exact) mass is 415 g/mol. The molecular formula is C22H30FN5O2. The van der Waals surface area contributed by atoms with Crippen molar-refractivity contribution in [1.29, 1.82) is 0 Å². The molecule has 1 fully saturated rings. The van der Waals surface area contributed by atoms with Crippen LogP contribution in [0.4, 0.5) is 14.9 Å². The molecule has 8 heteroatoms. The van der Waals surface area contributed by atoms with E-state index >= 15 is 4.39 Å². The average molecular weight is 416 g/mol. The Morgan fingerprint density at radius 1 is 1.13 bits per heavy atom. The van der Waals surface area contributed by atoms with Crippen molar-refractivity contribution in [3.05, 3.63) is 54.0 Å². The molecule has 162 valence electrons. The molecule has 2 aliphatic rings. The van der Waals surface area contributed by atoms with Gasteiger partial charge in [0.1, 0.15) is 0 Å². The van der Waals surface area contributed by atoms with Crippen LogP contribution in [0.5, 0.6) is 0 Å². The minimum atomic E-state index is -0.395. The number of carbonyl (C=O) groups is 2. The number of carbonyl (C=O) groups excluding carboxylic acids is 2. The first-order valence-electron chi connectivity index (χ1n) is 10.3. The maximum Gasteiger partial charge on any atom is 0.340 e. The molecule has 3 rings (SSSR count). The normalized spacial score (nSPS) is 24.1. The number of anilines is 1. The molecule has 2 aliphatic heterocycles. The van der Waals surface area contributed by atoms with Gasteiger partial charge in [0.25, 0.3) is 0 Å². The molecule has 0 spiro atoms. The summed E-state index contributed by atoms with van der Waals surface area (Å²) in [4.78, 5) is 29.6. The van der Waals surface area contributed by atoms with Gasteiger partial charge in [-0.1, -0.05) is 24.3 Å². The van der Waals surface area contributed by atoms with Crippen LogP contribution in [0.1, 0.15) is 33.3 Å². The third kappa shape index (κ3) is 4.81. The van der Waals surface area contributed by atoms with Gasteiger partial charge in [0.05, 0.1) is 11.7 Å². The minimum absolute atomic E-state index is 0.0647. The van der Waals surface area contributed by atoms with E-state index in [-0.39, 0.29) is 35.8 Å². The maximum atomic E-state index is 15.1. The summed E-state index contributed by atoms with van der Waals surface area (Å²) in [5.74, 6) is -0.330. The zero-order chi connectivity index (χ0) is 21.8. The number of nitrogens with zero attached hydrogens (tertiary/aromatic N) is 3. The van der Waals surface area contributed by atoms with Crippen LogP contribution >= 0.6 is 0 Å². The van der Waals surface area contributed by atoms with Crippen LogP contribution in [-0.4, -0.2) is 57.9 Å². The molecule has 30 heavy (non-hydrogen) atoms. The maximum absolute atomic E-state index is 15.1. The lowest BCUT2D eigenvalue weighted by molar-refractivity contribution is -0.133. The van der Waals surface area contributed by atoms with Gasteiger partial charge in [0.15, 0.2) is 5.82 Å². The fourth-order valence-corrected chi connectivity index (χ4v) is 3.95. The third-order valence-electron chi connectivity index (χ3n) is 5.70. The highest BCUT2D eigenvalue weighted by Gasteiger charge is 2.31. The highest BCUT2D eigenvalue weighted by Crippen LogP contribution is 2.23. The summed E-state index contributed by atoms with van der Waals surface area (Å²) in [6.45, 7) is 9.27. The predicted octanol–water partition coefficient (Wildman–Crippen LogP) is 3.08. The molecule has 0 radical (unpaired) electrons. The second-order valence-corrected chi connectivity index (χ2v) is 8.00.